The van der Waals surface area contributed by atoms with Crippen LogP contribution < -0.4 is 0 Å². The molecule has 0 aliphatic rings. The van der Waals surface area contributed by atoms with Crippen LogP contribution in [0, 0.1) is 0 Å². The molecule has 18 heavy (non-hydrogen) atoms. The highest BCUT2D eigenvalue weighted by atomic mass is 79.9. The molecule has 3 aromatic rings. The highest BCUT2D eigenvalue weighted by molar-refractivity contribution is 9.10. The maximum Gasteiger partial charge on any atom is 0.147 e. The standard InChI is InChI=1S/C14H14BrN3/c1-14(2,3)13-17-11-5-4-9(15)8-10(11)12-16-6-7-18(12)13/h4-8H,1-3H3. The maximum atomic E-state index is 4.79. The van der Waals surface area contributed by atoms with Crippen molar-refractivity contribution in [3.63, 3.8) is 0 Å². The molecule has 0 radical (unpaired) electrons. The lowest BCUT2D eigenvalue weighted by atomic mass is 9.95. The maximum absolute atomic E-state index is 4.79. The average Bonchev–Trinajstić information content (AvgIpc) is 2.75. The summed E-state index contributed by atoms with van der Waals surface area (Å²) < 4.78 is 3.12. The molecular formula is C14H14BrN3. The molecule has 0 spiro atoms. The van der Waals surface area contributed by atoms with E-state index in [0.29, 0.717) is 0 Å². The molecule has 0 aliphatic heterocycles. The van der Waals surface area contributed by atoms with Crippen LogP contribution in [0.25, 0.3) is 16.6 Å². The predicted octanol–water partition coefficient (Wildman–Crippen LogP) is 3.94. The third-order valence-electron chi connectivity index (χ3n) is 2.97. The molecule has 0 saturated heterocycles. The molecule has 0 bridgehead atoms. The van der Waals surface area contributed by atoms with Gasteiger partial charge in [0.15, 0.2) is 0 Å². The van der Waals surface area contributed by atoms with Crippen LogP contribution in [0.2, 0.25) is 0 Å². The van der Waals surface area contributed by atoms with Crippen LogP contribution in [-0.2, 0) is 5.41 Å². The Balaban J connectivity index is 2.51. The van der Waals surface area contributed by atoms with Crippen molar-refractivity contribution in [2.24, 2.45) is 0 Å². The SMILES string of the molecule is CC(C)(C)c1nc2ccc(Br)cc2c2nccn12. The van der Waals surface area contributed by atoms with Gasteiger partial charge in [-0.2, -0.15) is 0 Å². The first kappa shape index (κ1) is 11.7. The fourth-order valence-electron chi connectivity index (χ4n) is 2.16. The van der Waals surface area contributed by atoms with Gasteiger partial charge in [0.05, 0.1) is 5.52 Å². The lowest BCUT2D eigenvalue weighted by molar-refractivity contribution is 0.539. The van der Waals surface area contributed by atoms with E-state index in [-0.39, 0.29) is 5.41 Å². The molecule has 0 N–H and O–H groups in total. The first-order chi connectivity index (χ1) is 8.47. The third-order valence-corrected chi connectivity index (χ3v) is 3.46. The van der Waals surface area contributed by atoms with Crippen molar-refractivity contribution in [3.8, 4) is 0 Å². The molecule has 0 aliphatic carbocycles. The zero-order valence-electron chi connectivity index (χ0n) is 10.6. The number of benzene rings is 1. The molecule has 3 rings (SSSR count). The highest BCUT2D eigenvalue weighted by Gasteiger charge is 2.20. The van der Waals surface area contributed by atoms with Gasteiger partial charge in [0, 0.05) is 27.7 Å². The number of fused-ring (bicyclic) bond motifs is 3. The van der Waals surface area contributed by atoms with Crippen molar-refractivity contribution in [3.05, 3.63) is 40.9 Å². The Morgan fingerprint density at radius 1 is 1.22 bits per heavy atom. The van der Waals surface area contributed by atoms with Crippen LogP contribution in [0.15, 0.2) is 35.1 Å². The minimum Gasteiger partial charge on any atom is -0.287 e. The Labute approximate surface area is 114 Å². The molecule has 0 fully saturated rings. The van der Waals surface area contributed by atoms with Crippen LogP contribution in [0.4, 0.5) is 0 Å². The van der Waals surface area contributed by atoms with Crippen molar-refractivity contribution in [1.29, 1.82) is 0 Å². The van der Waals surface area contributed by atoms with E-state index >= 15 is 0 Å². The summed E-state index contributed by atoms with van der Waals surface area (Å²) in [6.45, 7) is 6.50. The van der Waals surface area contributed by atoms with Gasteiger partial charge in [-0.3, -0.25) is 4.40 Å². The van der Waals surface area contributed by atoms with Gasteiger partial charge in [0.1, 0.15) is 11.5 Å². The summed E-state index contributed by atoms with van der Waals surface area (Å²) >= 11 is 3.50. The largest absolute Gasteiger partial charge is 0.287 e. The molecule has 0 saturated carbocycles. The van der Waals surface area contributed by atoms with Crippen molar-refractivity contribution in [2.75, 3.05) is 0 Å². The molecule has 0 unspecified atom stereocenters. The minimum atomic E-state index is -0.0137. The third kappa shape index (κ3) is 1.72. The Morgan fingerprint density at radius 3 is 2.72 bits per heavy atom. The molecule has 2 aromatic heterocycles. The average molecular weight is 304 g/mol. The molecule has 1 aromatic carbocycles. The van der Waals surface area contributed by atoms with Gasteiger partial charge < -0.3 is 0 Å². The number of hydrogen-bond acceptors (Lipinski definition) is 2. The van der Waals surface area contributed by atoms with Crippen LogP contribution in [0.1, 0.15) is 26.6 Å². The zero-order chi connectivity index (χ0) is 12.9. The monoisotopic (exact) mass is 303 g/mol. The lowest BCUT2D eigenvalue weighted by Crippen LogP contribution is -2.18. The molecule has 0 amide bonds. The van der Waals surface area contributed by atoms with Gasteiger partial charge in [-0.15, -0.1) is 0 Å². The van der Waals surface area contributed by atoms with E-state index in [1.807, 2.05) is 24.5 Å². The molecular weight excluding hydrogens is 290 g/mol. The normalized spacial score (nSPS) is 12.4. The number of nitrogens with zero attached hydrogens (tertiary/aromatic N) is 3. The highest BCUT2D eigenvalue weighted by Crippen LogP contribution is 2.27. The van der Waals surface area contributed by atoms with Crippen LogP contribution in [-0.4, -0.2) is 14.4 Å². The van der Waals surface area contributed by atoms with Gasteiger partial charge in [-0.05, 0) is 18.2 Å². The summed E-state index contributed by atoms with van der Waals surface area (Å²) in [5.74, 6) is 1.03. The summed E-state index contributed by atoms with van der Waals surface area (Å²) in [6, 6.07) is 6.11. The van der Waals surface area contributed by atoms with Gasteiger partial charge in [0.2, 0.25) is 0 Å². The van der Waals surface area contributed by atoms with E-state index in [9.17, 15) is 0 Å². The second-order valence-electron chi connectivity index (χ2n) is 5.47. The van der Waals surface area contributed by atoms with Gasteiger partial charge in [0.25, 0.3) is 0 Å². The quantitative estimate of drug-likeness (QED) is 0.629. The number of aromatic nitrogens is 3. The van der Waals surface area contributed by atoms with Crippen LogP contribution in [0.5, 0.6) is 0 Å². The molecule has 4 heteroatoms. The predicted molar refractivity (Wildman–Crippen MR) is 76.9 cm³/mol. The van der Waals surface area contributed by atoms with Crippen LogP contribution >= 0.6 is 15.9 Å². The van der Waals surface area contributed by atoms with Crippen molar-refractivity contribution in [1.82, 2.24) is 14.4 Å². The first-order valence-electron chi connectivity index (χ1n) is 5.89. The number of hydrogen-bond donors (Lipinski definition) is 0. The fraction of sp³-hybridized carbons (Fsp3) is 0.286. The smallest absolute Gasteiger partial charge is 0.147 e. The topological polar surface area (TPSA) is 30.2 Å². The van der Waals surface area contributed by atoms with E-state index in [4.69, 9.17) is 4.98 Å². The van der Waals surface area contributed by atoms with Crippen LogP contribution in [0.3, 0.4) is 0 Å². The Morgan fingerprint density at radius 2 is 2.00 bits per heavy atom. The molecule has 3 nitrogen and oxygen atoms in total. The lowest BCUT2D eigenvalue weighted by Gasteiger charge is -2.20. The van der Waals surface area contributed by atoms with E-state index in [1.165, 1.54) is 0 Å². The van der Waals surface area contributed by atoms with E-state index in [1.54, 1.807) is 0 Å². The summed E-state index contributed by atoms with van der Waals surface area (Å²) in [5.41, 5.74) is 1.94. The van der Waals surface area contributed by atoms with Gasteiger partial charge in [-0.25, -0.2) is 9.97 Å². The summed E-state index contributed by atoms with van der Waals surface area (Å²) in [6.07, 6.45) is 3.80. The van der Waals surface area contributed by atoms with Crippen molar-refractivity contribution in [2.45, 2.75) is 26.2 Å². The van der Waals surface area contributed by atoms with Crippen molar-refractivity contribution >= 4 is 32.5 Å². The summed E-state index contributed by atoms with van der Waals surface area (Å²) in [4.78, 5) is 9.25. The summed E-state index contributed by atoms with van der Waals surface area (Å²) in [7, 11) is 0. The Kier molecular flexibility index (Phi) is 2.45. The van der Waals surface area contributed by atoms with Gasteiger partial charge in [-0.1, -0.05) is 36.7 Å². The second kappa shape index (κ2) is 3.79. The Bertz CT molecular complexity index is 738. The number of rotatable bonds is 0. The summed E-state index contributed by atoms with van der Waals surface area (Å²) in [5, 5.41) is 1.07. The number of imidazole rings is 1. The van der Waals surface area contributed by atoms with E-state index in [2.05, 4.69) is 52.2 Å². The zero-order valence-corrected chi connectivity index (χ0v) is 12.2. The molecule has 0 atom stereocenters. The first-order valence-corrected chi connectivity index (χ1v) is 6.69. The second-order valence-corrected chi connectivity index (χ2v) is 6.38. The minimum absolute atomic E-state index is 0.0137. The fourth-order valence-corrected chi connectivity index (χ4v) is 2.52. The molecule has 92 valence electrons. The molecule has 2 heterocycles. The number of halogens is 1. The van der Waals surface area contributed by atoms with Crippen molar-refractivity contribution < 1.29 is 0 Å². The van der Waals surface area contributed by atoms with E-state index in [0.717, 1.165) is 26.8 Å². The van der Waals surface area contributed by atoms with Gasteiger partial charge >= 0.3 is 0 Å². The Hall–Kier alpha value is -1.42. The van der Waals surface area contributed by atoms with E-state index < -0.39 is 0 Å².